The highest BCUT2D eigenvalue weighted by atomic mass is 79.9. The van der Waals surface area contributed by atoms with E-state index in [0.29, 0.717) is 4.90 Å². The molecule has 0 heterocycles. The fraction of sp³-hybridized carbons (Fsp3) is 0.571. The van der Waals surface area contributed by atoms with E-state index in [4.69, 9.17) is 0 Å². The van der Waals surface area contributed by atoms with Gasteiger partial charge in [-0.2, -0.15) is 0 Å². The first-order chi connectivity index (χ1) is 8.85. The summed E-state index contributed by atoms with van der Waals surface area (Å²) in [6.07, 6.45) is 2.79. The Balaban J connectivity index is 2.76. The van der Waals surface area contributed by atoms with Crippen LogP contribution in [0, 0.1) is 0 Å². The molecule has 0 aliphatic carbocycles. The third-order valence-electron chi connectivity index (χ3n) is 2.81. The number of aryl methyl sites for hydroxylation is 1. The van der Waals surface area contributed by atoms with Crippen LogP contribution in [0.25, 0.3) is 0 Å². The lowest BCUT2D eigenvalue weighted by molar-refractivity contribution is 0.548. The summed E-state index contributed by atoms with van der Waals surface area (Å²) in [7, 11) is -3.41. The SMILES string of the molecule is CCCc1ccc(S(=O)(=O)NC(C)CC(C)Br)cc1. The molecule has 19 heavy (non-hydrogen) atoms. The monoisotopic (exact) mass is 347 g/mol. The molecule has 0 radical (unpaired) electrons. The Bertz CT molecular complexity index is 483. The molecule has 0 spiro atoms. The van der Waals surface area contributed by atoms with Crippen molar-refractivity contribution < 1.29 is 8.42 Å². The summed E-state index contributed by atoms with van der Waals surface area (Å²) in [5.74, 6) is 0. The molecule has 1 N–H and O–H groups in total. The molecule has 108 valence electrons. The van der Waals surface area contributed by atoms with E-state index in [1.165, 1.54) is 5.56 Å². The lowest BCUT2D eigenvalue weighted by atomic mass is 10.1. The van der Waals surface area contributed by atoms with Crippen molar-refractivity contribution >= 4 is 26.0 Å². The quantitative estimate of drug-likeness (QED) is 0.767. The molecule has 0 saturated carbocycles. The molecule has 0 aliphatic rings. The molecule has 1 rings (SSSR count). The Labute approximate surface area is 125 Å². The van der Waals surface area contributed by atoms with Crippen molar-refractivity contribution in [2.45, 2.75) is 55.8 Å². The zero-order valence-electron chi connectivity index (χ0n) is 11.7. The summed E-state index contributed by atoms with van der Waals surface area (Å²) in [5, 5.41) is 0. The molecule has 5 heteroatoms. The van der Waals surface area contributed by atoms with E-state index in [9.17, 15) is 8.42 Å². The molecule has 0 saturated heterocycles. The second-order valence-corrected chi connectivity index (χ2v) is 8.21. The van der Waals surface area contributed by atoms with E-state index in [0.717, 1.165) is 19.3 Å². The molecule has 1 aromatic rings. The molecule has 0 aliphatic heterocycles. The summed E-state index contributed by atoms with van der Waals surface area (Å²) in [6.45, 7) is 5.99. The van der Waals surface area contributed by atoms with Gasteiger partial charge in [0.2, 0.25) is 10.0 Å². The summed E-state index contributed by atoms with van der Waals surface area (Å²) in [5.41, 5.74) is 1.17. The normalized spacial score (nSPS) is 15.2. The first-order valence-corrected chi connectivity index (χ1v) is 9.00. The minimum absolute atomic E-state index is 0.0882. The maximum absolute atomic E-state index is 12.2. The van der Waals surface area contributed by atoms with Crippen LogP contribution in [-0.4, -0.2) is 19.3 Å². The zero-order chi connectivity index (χ0) is 14.5. The number of rotatable bonds is 7. The van der Waals surface area contributed by atoms with Crippen LogP contribution < -0.4 is 4.72 Å². The van der Waals surface area contributed by atoms with Gasteiger partial charge in [0.1, 0.15) is 0 Å². The fourth-order valence-corrected chi connectivity index (χ4v) is 3.81. The molecular weight excluding hydrogens is 326 g/mol. The summed E-state index contributed by atoms with van der Waals surface area (Å²) < 4.78 is 27.0. The van der Waals surface area contributed by atoms with Crippen LogP contribution in [0.4, 0.5) is 0 Å². The highest BCUT2D eigenvalue weighted by Crippen LogP contribution is 2.14. The number of benzene rings is 1. The van der Waals surface area contributed by atoms with Crippen molar-refractivity contribution in [2.24, 2.45) is 0 Å². The lowest BCUT2D eigenvalue weighted by Gasteiger charge is -2.15. The van der Waals surface area contributed by atoms with Crippen molar-refractivity contribution in [3.05, 3.63) is 29.8 Å². The van der Waals surface area contributed by atoms with Gasteiger partial charge in [-0.25, -0.2) is 13.1 Å². The van der Waals surface area contributed by atoms with Gasteiger partial charge in [-0.15, -0.1) is 0 Å². The summed E-state index contributed by atoms with van der Waals surface area (Å²) in [6, 6.07) is 7.04. The molecule has 0 fully saturated rings. The van der Waals surface area contributed by atoms with Crippen molar-refractivity contribution in [3.8, 4) is 0 Å². The molecule has 2 atom stereocenters. The number of nitrogens with one attached hydrogen (secondary N) is 1. The van der Waals surface area contributed by atoms with E-state index in [2.05, 4.69) is 27.6 Å². The Hall–Kier alpha value is -0.390. The predicted molar refractivity (Wildman–Crippen MR) is 83.2 cm³/mol. The van der Waals surface area contributed by atoms with Gasteiger partial charge in [-0.3, -0.25) is 0 Å². The average Bonchev–Trinajstić information content (AvgIpc) is 2.28. The largest absolute Gasteiger partial charge is 0.240 e. The van der Waals surface area contributed by atoms with Crippen LogP contribution in [0.15, 0.2) is 29.2 Å². The minimum atomic E-state index is -3.41. The molecule has 2 unspecified atom stereocenters. The van der Waals surface area contributed by atoms with Crippen LogP contribution in [0.5, 0.6) is 0 Å². The standard InChI is InChI=1S/C14H22BrNO2S/c1-4-5-13-6-8-14(9-7-13)19(17,18)16-12(3)10-11(2)15/h6-9,11-12,16H,4-5,10H2,1-3H3. The van der Waals surface area contributed by atoms with E-state index < -0.39 is 10.0 Å². The van der Waals surface area contributed by atoms with Crippen molar-refractivity contribution in [3.63, 3.8) is 0 Å². The zero-order valence-corrected chi connectivity index (χ0v) is 14.1. The topological polar surface area (TPSA) is 46.2 Å². The maximum atomic E-state index is 12.2. The van der Waals surface area contributed by atoms with Gasteiger partial charge in [0.25, 0.3) is 0 Å². The van der Waals surface area contributed by atoms with Crippen molar-refractivity contribution in [1.82, 2.24) is 4.72 Å². The van der Waals surface area contributed by atoms with Gasteiger partial charge in [-0.05, 0) is 37.5 Å². The summed E-state index contributed by atoms with van der Waals surface area (Å²) in [4.78, 5) is 0.624. The molecule has 0 aromatic heterocycles. The van der Waals surface area contributed by atoms with Crippen LogP contribution in [0.1, 0.15) is 39.2 Å². The van der Waals surface area contributed by atoms with E-state index >= 15 is 0 Å². The van der Waals surface area contributed by atoms with E-state index in [1.807, 2.05) is 26.0 Å². The van der Waals surface area contributed by atoms with E-state index in [1.54, 1.807) is 12.1 Å². The number of alkyl halides is 1. The fourth-order valence-electron chi connectivity index (χ4n) is 1.99. The second kappa shape index (κ2) is 7.41. The van der Waals surface area contributed by atoms with Crippen molar-refractivity contribution in [1.29, 1.82) is 0 Å². The van der Waals surface area contributed by atoms with Crippen LogP contribution >= 0.6 is 15.9 Å². The molecule has 1 aromatic carbocycles. The highest BCUT2D eigenvalue weighted by Gasteiger charge is 2.18. The molecule has 3 nitrogen and oxygen atoms in total. The highest BCUT2D eigenvalue weighted by molar-refractivity contribution is 9.09. The van der Waals surface area contributed by atoms with Crippen LogP contribution in [-0.2, 0) is 16.4 Å². The van der Waals surface area contributed by atoms with Gasteiger partial charge >= 0.3 is 0 Å². The number of hydrogen-bond acceptors (Lipinski definition) is 2. The van der Waals surface area contributed by atoms with Crippen LogP contribution in [0.2, 0.25) is 0 Å². The Morgan fingerprint density at radius 2 is 1.79 bits per heavy atom. The first-order valence-electron chi connectivity index (χ1n) is 6.60. The average molecular weight is 348 g/mol. The molecule has 0 amide bonds. The first kappa shape index (κ1) is 16.7. The Morgan fingerprint density at radius 1 is 1.21 bits per heavy atom. The number of halogens is 1. The minimum Gasteiger partial charge on any atom is -0.208 e. The maximum Gasteiger partial charge on any atom is 0.240 e. The van der Waals surface area contributed by atoms with Gasteiger partial charge in [0.05, 0.1) is 4.90 Å². The predicted octanol–water partition coefficient (Wildman–Crippen LogP) is 3.48. The van der Waals surface area contributed by atoms with Gasteiger partial charge in [0.15, 0.2) is 0 Å². The third-order valence-corrected chi connectivity index (χ3v) is 4.79. The Morgan fingerprint density at radius 3 is 2.26 bits per heavy atom. The summed E-state index contributed by atoms with van der Waals surface area (Å²) >= 11 is 3.43. The van der Waals surface area contributed by atoms with Gasteiger partial charge < -0.3 is 0 Å². The third kappa shape index (κ3) is 5.63. The lowest BCUT2D eigenvalue weighted by Crippen LogP contribution is -2.33. The van der Waals surface area contributed by atoms with Crippen molar-refractivity contribution in [2.75, 3.05) is 0 Å². The van der Waals surface area contributed by atoms with Gasteiger partial charge in [0, 0.05) is 10.9 Å². The molecule has 0 bridgehead atoms. The number of sulfonamides is 1. The smallest absolute Gasteiger partial charge is 0.208 e. The number of hydrogen-bond donors (Lipinski definition) is 1. The Kier molecular flexibility index (Phi) is 6.50. The molecular formula is C14H22BrNO2S. The van der Waals surface area contributed by atoms with Crippen LogP contribution in [0.3, 0.4) is 0 Å². The van der Waals surface area contributed by atoms with E-state index in [-0.39, 0.29) is 10.9 Å². The second-order valence-electron chi connectivity index (χ2n) is 4.93. The van der Waals surface area contributed by atoms with Gasteiger partial charge in [-0.1, -0.05) is 48.3 Å².